The molecule has 2 rings (SSSR count). The first-order valence-corrected chi connectivity index (χ1v) is 8.20. The molecule has 1 aliphatic heterocycles. The SMILES string of the molecule is CCCNC(Cc1cc(C)nn1CC)C1CN(C)CCO1. The maximum atomic E-state index is 6.03. The lowest BCUT2D eigenvalue weighted by Gasteiger charge is -2.35. The van der Waals surface area contributed by atoms with Gasteiger partial charge < -0.3 is 15.0 Å². The van der Waals surface area contributed by atoms with E-state index in [4.69, 9.17) is 4.74 Å². The topological polar surface area (TPSA) is 42.3 Å². The standard InChI is InChI=1S/C16H30N4O/c1-5-7-17-15(16-12-19(4)8-9-21-16)11-14-10-13(3)18-20(14)6-2/h10,15-17H,5-9,11-12H2,1-4H3. The van der Waals surface area contributed by atoms with Crippen molar-refractivity contribution in [3.8, 4) is 0 Å². The lowest BCUT2D eigenvalue weighted by atomic mass is 10.0. The van der Waals surface area contributed by atoms with E-state index in [0.29, 0.717) is 6.04 Å². The maximum absolute atomic E-state index is 6.03. The molecule has 0 spiro atoms. The molecule has 2 heterocycles. The zero-order valence-corrected chi connectivity index (χ0v) is 13.9. The smallest absolute Gasteiger partial charge is 0.0858 e. The first kappa shape index (κ1) is 16.5. The summed E-state index contributed by atoms with van der Waals surface area (Å²) >= 11 is 0. The second-order valence-electron chi connectivity index (χ2n) is 6.03. The van der Waals surface area contributed by atoms with Gasteiger partial charge in [-0.1, -0.05) is 6.92 Å². The summed E-state index contributed by atoms with van der Waals surface area (Å²) in [4.78, 5) is 2.36. The van der Waals surface area contributed by atoms with E-state index in [0.717, 1.165) is 51.3 Å². The Bertz CT molecular complexity index is 432. The number of nitrogens with one attached hydrogen (secondary N) is 1. The summed E-state index contributed by atoms with van der Waals surface area (Å²) in [7, 11) is 2.17. The minimum Gasteiger partial charge on any atom is -0.374 e. The van der Waals surface area contributed by atoms with Gasteiger partial charge in [-0.3, -0.25) is 4.68 Å². The highest BCUT2D eigenvalue weighted by Crippen LogP contribution is 2.14. The van der Waals surface area contributed by atoms with Crippen LogP contribution in [0.1, 0.15) is 31.7 Å². The summed E-state index contributed by atoms with van der Waals surface area (Å²) in [5, 5.41) is 8.24. The minimum atomic E-state index is 0.260. The summed E-state index contributed by atoms with van der Waals surface area (Å²) in [6, 6.07) is 2.56. The number of likely N-dealkylation sites (N-methyl/N-ethyl adjacent to an activating group) is 1. The Balaban J connectivity index is 2.07. The molecule has 120 valence electrons. The third-order valence-corrected chi connectivity index (χ3v) is 4.12. The van der Waals surface area contributed by atoms with Crippen LogP contribution in [0.25, 0.3) is 0 Å². The summed E-state index contributed by atoms with van der Waals surface area (Å²) in [6.07, 6.45) is 2.38. The normalized spacial score (nSPS) is 21.6. The van der Waals surface area contributed by atoms with Crippen LogP contribution in [0.5, 0.6) is 0 Å². The third kappa shape index (κ3) is 4.53. The monoisotopic (exact) mass is 294 g/mol. The van der Waals surface area contributed by atoms with Crippen LogP contribution < -0.4 is 5.32 Å². The van der Waals surface area contributed by atoms with E-state index in [2.05, 4.69) is 53.9 Å². The van der Waals surface area contributed by atoms with Gasteiger partial charge in [-0.05, 0) is 39.9 Å². The summed E-state index contributed by atoms with van der Waals surface area (Å²) in [6.45, 7) is 11.2. The van der Waals surface area contributed by atoms with Crippen LogP contribution in [0.2, 0.25) is 0 Å². The fourth-order valence-corrected chi connectivity index (χ4v) is 2.98. The van der Waals surface area contributed by atoms with Crippen LogP contribution in [0.15, 0.2) is 6.07 Å². The first-order chi connectivity index (χ1) is 10.1. The van der Waals surface area contributed by atoms with Crippen molar-refractivity contribution in [1.29, 1.82) is 0 Å². The van der Waals surface area contributed by atoms with E-state index in [1.165, 1.54) is 5.69 Å². The zero-order valence-electron chi connectivity index (χ0n) is 13.9. The van der Waals surface area contributed by atoms with Gasteiger partial charge in [0.1, 0.15) is 0 Å². The van der Waals surface area contributed by atoms with E-state index in [-0.39, 0.29) is 6.10 Å². The van der Waals surface area contributed by atoms with Crippen LogP contribution in [-0.2, 0) is 17.7 Å². The molecule has 5 nitrogen and oxygen atoms in total. The molecule has 0 radical (unpaired) electrons. The van der Waals surface area contributed by atoms with E-state index in [9.17, 15) is 0 Å². The molecule has 21 heavy (non-hydrogen) atoms. The Kier molecular flexibility index (Phi) is 6.21. The molecule has 1 aromatic rings. The summed E-state index contributed by atoms with van der Waals surface area (Å²) < 4.78 is 8.14. The second kappa shape index (κ2) is 7.92. The molecule has 1 aromatic heterocycles. The largest absolute Gasteiger partial charge is 0.374 e. The zero-order chi connectivity index (χ0) is 15.2. The lowest BCUT2D eigenvalue weighted by molar-refractivity contribution is -0.0386. The van der Waals surface area contributed by atoms with Crippen LogP contribution in [0.4, 0.5) is 0 Å². The number of hydrogen-bond acceptors (Lipinski definition) is 4. The quantitative estimate of drug-likeness (QED) is 0.826. The predicted molar refractivity (Wildman–Crippen MR) is 85.7 cm³/mol. The van der Waals surface area contributed by atoms with Crippen molar-refractivity contribution in [3.63, 3.8) is 0 Å². The number of nitrogens with zero attached hydrogens (tertiary/aromatic N) is 3. The highest BCUT2D eigenvalue weighted by molar-refractivity contribution is 5.11. The molecule has 5 heteroatoms. The number of morpholine rings is 1. The van der Waals surface area contributed by atoms with Gasteiger partial charge in [0, 0.05) is 37.8 Å². The second-order valence-corrected chi connectivity index (χ2v) is 6.03. The molecular formula is C16H30N4O. The summed E-state index contributed by atoms with van der Waals surface area (Å²) in [5.74, 6) is 0. The average molecular weight is 294 g/mol. The molecule has 1 saturated heterocycles. The molecule has 0 saturated carbocycles. The van der Waals surface area contributed by atoms with Gasteiger partial charge in [-0.25, -0.2) is 0 Å². The molecule has 0 amide bonds. The molecule has 1 fully saturated rings. The van der Waals surface area contributed by atoms with E-state index >= 15 is 0 Å². The van der Waals surface area contributed by atoms with Crippen molar-refractivity contribution in [2.24, 2.45) is 0 Å². The molecule has 2 atom stereocenters. The number of rotatable bonds is 7. The Morgan fingerprint density at radius 1 is 1.48 bits per heavy atom. The Hall–Kier alpha value is -0.910. The Morgan fingerprint density at radius 3 is 2.95 bits per heavy atom. The van der Waals surface area contributed by atoms with Gasteiger partial charge in [0.2, 0.25) is 0 Å². The fourth-order valence-electron chi connectivity index (χ4n) is 2.98. The van der Waals surface area contributed by atoms with Gasteiger partial charge in [0.05, 0.1) is 18.4 Å². The van der Waals surface area contributed by atoms with Gasteiger partial charge in [0.15, 0.2) is 0 Å². The first-order valence-electron chi connectivity index (χ1n) is 8.20. The number of hydrogen-bond donors (Lipinski definition) is 1. The fraction of sp³-hybridized carbons (Fsp3) is 0.812. The maximum Gasteiger partial charge on any atom is 0.0858 e. The molecular weight excluding hydrogens is 264 g/mol. The molecule has 1 N–H and O–H groups in total. The highest BCUT2D eigenvalue weighted by Gasteiger charge is 2.27. The molecule has 2 unspecified atom stereocenters. The van der Waals surface area contributed by atoms with Crippen LogP contribution in [0, 0.1) is 6.92 Å². The van der Waals surface area contributed by atoms with Gasteiger partial charge >= 0.3 is 0 Å². The number of ether oxygens (including phenoxy) is 1. The van der Waals surface area contributed by atoms with Crippen molar-refractivity contribution < 1.29 is 4.74 Å². The van der Waals surface area contributed by atoms with Crippen molar-refractivity contribution >= 4 is 0 Å². The molecule has 0 bridgehead atoms. The Labute approximate surface area is 128 Å². The third-order valence-electron chi connectivity index (χ3n) is 4.12. The van der Waals surface area contributed by atoms with Crippen molar-refractivity contribution in [2.75, 3.05) is 33.3 Å². The highest BCUT2D eigenvalue weighted by atomic mass is 16.5. The minimum absolute atomic E-state index is 0.260. The molecule has 1 aliphatic rings. The van der Waals surface area contributed by atoms with Crippen molar-refractivity contribution in [2.45, 2.75) is 52.3 Å². The van der Waals surface area contributed by atoms with Gasteiger partial charge in [-0.2, -0.15) is 5.10 Å². The average Bonchev–Trinajstić information content (AvgIpc) is 2.83. The van der Waals surface area contributed by atoms with Gasteiger partial charge in [-0.15, -0.1) is 0 Å². The van der Waals surface area contributed by atoms with Crippen LogP contribution in [0.3, 0.4) is 0 Å². The van der Waals surface area contributed by atoms with Crippen molar-refractivity contribution in [3.05, 3.63) is 17.5 Å². The Morgan fingerprint density at radius 2 is 2.29 bits per heavy atom. The van der Waals surface area contributed by atoms with Crippen LogP contribution >= 0.6 is 0 Å². The van der Waals surface area contributed by atoms with Crippen LogP contribution in [-0.4, -0.2) is 60.1 Å². The lowest BCUT2D eigenvalue weighted by Crippen LogP contribution is -2.52. The molecule has 0 aromatic carbocycles. The van der Waals surface area contributed by atoms with Gasteiger partial charge in [0.25, 0.3) is 0 Å². The molecule has 0 aliphatic carbocycles. The summed E-state index contributed by atoms with van der Waals surface area (Å²) in [5.41, 5.74) is 2.41. The number of aryl methyl sites for hydroxylation is 2. The number of aromatic nitrogens is 2. The van der Waals surface area contributed by atoms with E-state index in [1.54, 1.807) is 0 Å². The van der Waals surface area contributed by atoms with E-state index < -0.39 is 0 Å². The predicted octanol–water partition coefficient (Wildman–Crippen LogP) is 1.45. The van der Waals surface area contributed by atoms with Crippen molar-refractivity contribution in [1.82, 2.24) is 20.0 Å². The van der Waals surface area contributed by atoms with E-state index in [1.807, 2.05) is 0 Å².